The van der Waals surface area contributed by atoms with Crippen LogP contribution in [0.25, 0.3) is 0 Å². The minimum absolute atomic E-state index is 0.132. The molecule has 0 aromatic rings. The second-order valence-electron chi connectivity index (χ2n) is 1.72. The van der Waals surface area contributed by atoms with Gasteiger partial charge in [0, 0.05) is 7.11 Å². The summed E-state index contributed by atoms with van der Waals surface area (Å²) in [6.07, 6.45) is 3.96. The zero-order chi connectivity index (χ0) is 6.41. The summed E-state index contributed by atoms with van der Waals surface area (Å²) in [5.74, 6) is 0. The van der Waals surface area contributed by atoms with Gasteiger partial charge in [-0.05, 0) is 19.8 Å². The van der Waals surface area contributed by atoms with E-state index in [0.717, 1.165) is 12.8 Å². The van der Waals surface area contributed by atoms with Crippen molar-refractivity contribution >= 4 is 0 Å². The minimum Gasteiger partial charge on any atom is -0.381 e. The Morgan fingerprint density at radius 3 is 2.75 bits per heavy atom. The van der Waals surface area contributed by atoms with E-state index < -0.39 is 0 Å². The number of rotatable bonds is 4. The Kier molecular flexibility index (Phi) is 4.67. The molecule has 0 bridgehead atoms. The zero-order valence-electron chi connectivity index (χ0n) is 5.39. The van der Waals surface area contributed by atoms with Gasteiger partial charge in [-0.1, -0.05) is 6.08 Å². The second kappa shape index (κ2) is 4.85. The lowest BCUT2D eigenvalue weighted by Gasteiger charge is -2.04. The molecule has 0 aliphatic carbocycles. The van der Waals surface area contributed by atoms with Crippen molar-refractivity contribution in [3.05, 3.63) is 19.6 Å². The Hall–Kier alpha value is -0.300. The maximum absolute atomic E-state index is 4.89. The van der Waals surface area contributed by atoms with Gasteiger partial charge in [-0.25, -0.2) is 0 Å². The first kappa shape index (κ1) is 7.70. The molecule has 0 aromatic heterocycles. The molecule has 0 rings (SSSR count). The molecule has 47 valence electrons. The van der Waals surface area contributed by atoms with Crippen molar-refractivity contribution in [3.8, 4) is 0 Å². The van der Waals surface area contributed by atoms with Crippen LogP contribution in [0.3, 0.4) is 0 Å². The molecular formula is C7H13O. The highest BCUT2D eigenvalue weighted by atomic mass is 16.5. The molecule has 0 aromatic carbocycles. The van der Waals surface area contributed by atoms with Crippen LogP contribution in [0.15, 0.2) is 12.7 Å². The van der Waals surface area contributed by atoms with Gasteiger partial charge in [0.1, 0.15) is 0 Å². The highest BCUT2D eigenvalue weighted by molar-refractivity contribution is 4.70. The SMILES string of the molecule is [CH2]C(CCC=C)OC. The van der Waals surface area contributed by atoms with E-state index in [1.807, 2.05) is 6.08 Å². The number of ether oxygens (including phenoxy) is 1. The summed E-state index contributed by atoms with van der Waals surface area (Å²) in [5, 5.41) is 0. The van der Waals surface area contributed by atoms with Gasteiger partial charge in [0.25, 0.3) is 0 Å². The summed E-state index contributed by atoms with van der Waals surface area (Å²) in [6.45, 7) is 7.31. The molecule has 8 heavy (non-hydrogen) atoms. The second-order valence-corrected chi connectivity index (χ2v) is 1.72. The highest BCUT2D eigenvalue weighted by Gasteiger charge is 1.94. The smallest absolute Gasteiger partial charge is 0.0575 e. The first-order chi connectivity index (χ1) is 3.81. The molecule has 0 saturated carbocycles. The average molecular weight is 113 g/mol. The third kappa shape index (κ3) is 3.88. The Balaban J connectivity index is 2.97. The van der Waals surface area contributed by atoms with E-state index in [-0.39, 0.29) is 6.10 Å². The van der Waals surface area contributed by atoms with E-state index in [2.05, 4.69) is 13.5 Å². The van der Waals surface area contributed by atoms with Gasteiger partial charge >= 0.3 is 0 Å². The maximum Gasteiger partial charge on any atom is 0.0575 e. The molecule has 1 heteroatoms. The molecule has 0 N–H and O–H groups in total. The molecule has 0 saturated heterocycles. The molecule has 0 aliphatic rings. The fourth-order valence-corrected chi connectivity index (χ4v) is 0.422. The van der Waals surface area contributed by atoms with E-state index in [1.54, 1.807) is 7.11 Å². The van der Waals surface area contributed by atoms with Crippen molar-refractivity contribution in [1.82, 2.24) is 0 Å². The molecule has 0 aliphatic heterocycles. The molecule has 0 fully saturated rings. The lowest BCUT2D eigenvalue weighted by molar-refractivity contribution is 0.132. The Morgan fingerprint density at radius 2 is 2.38 bits per heavy atom. The summed E-state index contributed by atoms with van der Waals surface area (Å²) in [5.41, 5.74) is 0. The third-order valence-corrected chi connectivity index (χ3v) is 1.03. The maximum atomic E-state index is 4.89. The number of methoxy groups -OCH3 is 1. The lowest BCUT2D eigenvalue weighted by atomic mass is 10.2. The number of hydrogen-bond acceptors (Lipinski definition) is 1. The molecule has 1 radical (unpaired) electrons. The summed E-state index contributed by atoms with van der Waals surface area (Å²) >= 11 is 0. The van der Waals surface area contributed by atoms with Crippen molar-refractivity contribution in [2.45, 2.75) is 18.9 Å². The van der Waals surface area contributed by atoms with Gasteiger partial charge in [0.2, 0.25) is 0 Å². The Bertz CT molecular complexity index is 59.4. The van der Waals surface area contributed by atoms with Gasteiger partial charge in [-0.3, -0.25) is 0 Å². The van der Waals surface area contributed by atoms with Crippen LogP contribution in [0.5, 0.6) is 0 Å². The molecule has 0 spiro atoms. The van der Waals surface area contributed by atoms with Crippen LogP contribution in [0, 0.1) is 6.92 Å². The zero-order valence-corrected chi connectivity index (χ0v) is 5.39. The lowest BCUT2D eigenvalue weighted by Crippen LogP contribution is -2.03. The largest absolute Gasteiger partial charge is 0.381 e. The van der Waals surface area contributed by atoms with Crippen molar-refractivity contribution in [3.63, 3.8) is 0 Å². The Labute approximate surface area is 51.4 Å². The van der Waals surface area contributed by atoms with Gasteiger partial charge in [0.05, 0.1) is 6.10 Å². The molecule has 1 nitrogen and oxygen atoms in total. The topological polar surface area (TPSA) is 9.23 Å². The van der Waals surface area contributed by atoms with Gasteiger partial charge in [-0.2, -0.15) is 0 Å². The predicted molar refractivity (Wildman–Crippen MR) is 35.6 cm³/mol. The van der Waals surface area contributed by atoms with Crippen molar-refractivity contribution < 1.29 is 4.74 Å². The van der Waals surface area contributed by atoms with Crippen LogP contribution in [0.2, 0.25) is 0 Å². The van der Waals surface area contributed by atoms with E-state index >= 15 is 0 Å². The predicted octanol–water partition coefficient (Wildman–Crippen LogP) is 1.80. The molecule has 0 heterocycles. The van der Waals surface area contributed by atoms with Crippen LogP contribution in [-0.4, -0.2) is 13.2 Å². The molecule has 1 atom stereocenters. The fraction of sp³-hybridized carbons (Fsp3) is 0.571. The highest BCUT2D eigenvalue weighted by Crippen LogP contribution is 1.98. The standard InChI is InChI=1S/C7H13O/c1-4-5-6-7(2)8-3/h4,7H,1-2,5-6H2,3H3. The van der Waals surface area contributed by atoms with Gasteiger partial charge in [-0.15, -0.1) is 6.58 Å². The van der Waals surface area contributed by atoms with Crippen molar-refractivity contribution in [2.24, 2.45) is 0 Å². The van der Waals surface area contributed by atoms with Crippen molar-refractivity contribution in [2.75, 3.05) is 7.11 Å². The van der Waals surface area contributed by atoms with E-state index in [1.165, 1.54) is 0 Å². The Morgan fingerprint density at radius 1 is 1.75 bits per heavy atom. The molecular weight excluding hydrogens is 100 g/mol. The summed E-state index contributed by atoms with van der Waals surface area (Å²) in [4.78, 5) is 0. The summed E-state index contributed by atoms with van der Waals surface area (Å²) in [6, 6.07) is 0. The van der Waals surface area contributed by atoms with Crippen LogP contribution < -0.4 is 0 Å². The summed E-state index contributed by atoms with van der Waals surface area (Å²) in [7, 11) is 1.67. The minimum atomic E-state index is 0.132. The van der Waals surface area contributed by atoms with Gasteiger partial charge < -0.3 is 4.74 Å². The van der Waals surface area contributed by atoms with Crippen LogP contribution in [0.1, 0.15) is 12.8 Å². The quantitative estimate of drug-likeness (QED) is 0.505. The van der Waals surface area contributed by atoms with E-state index in [9.17, 15) is 0 Å². The van der Waals surface area contributed by atoms with E-state index in [0.29, 0.717) is 0 Å². The van der Waals surface area contributed by atoms with Crippen LogP contribution in [-0.2, 0) is 4.74 Å². The van der Waals surface area contributed by atoms with Gasteiger partial charge in [0.15, 0.2) is 0 Å². The van der Waals surface area contributed by atoms with Crippen LogP contribution in [0.4, 0.5) is 0 Å². The number of allylic oxidation sites excluding steroid dienone is 1. The normalized spacial score (nSPS) is 13.2. The van der Waals surface area contributed by atoms with Crippen LogP contribution >= 0.6 is 0 Å². The first-order valence-corrected chi connectivity index (χ1v) is 2.78. The number of hydrogen-bond donors (Lipinski definition) is 0. The van der Waals surface area contributed by atoms with E-state index in [4.69, 9.17) is 4.74 Å². The third-order valence-electron chi connectivity index (χ3n) is 1.03. The average Bonchev–Trinajstić information content (AvgIpc) is 1.83. The van der Waals surface area contributed by atoms with Crippen molar-refractivity contribution in [1.29, 1.82) is 0 Å². The molecule has 0 amide bonds. The monoisotopic (exact) mass is 113 g/mol. The molecule has 1 unspecified atom stereocenters. The fourth-order valence-electron chi connectivity index (χ4n) is 0.422. The summed E-state index contributed by atoms with van der Waals surface area (Å²) < 4.78 is 4.89. The first-order valence-electron chi connectivity index (χ1n) is 2.78.